The third-order valence-corrected chi connectivity index (χ3v) is 3.92. The predicted molar refractivity (Wildman–Crippen MR) is 79.5 cm³/mol. The molecular formula is C14H18F3NO5S. The highest BCUT2D eigenvalue weighted by Gasteiger charge is 2.48. The lowest BCUT2D eigenvalue weighted by atomic mass is 9.94. The fourth-order valence-corrected chi connectivity index (χ4v) is 2.00. The lowest BCUT2D eigenvalue weighted by molar-refractivity contribution is -0.129. The van der Waals surface area contributed by atoms with Gasteiger partial charge >= 0.3 is 15.6 Å². The number of hydrogen-bond acceptors (Lipinski definition) is 5. The van der Waals surface area contributed by atoms with Gasteiger partial charge in [0.25, 0.3) is 0 Å². The Balaban J connectivity index is 2.92. The molecule has 10 heteroatoms. The van der Waals surface area contributed by atoms with Gasteiger partial charge in [-0.25, -0.2) is 0 Å². The van der Waals surface area contributed by atoms with Crippen molar-refractivity contribution in [1.82, 2.24) is 5.32 Å². The van der Waals surface area contributed by atoms with Gasteiger partial charge in [-0.15, -0.1) is 0 Å². The zero-order valence-corrected chi connectivity index (χ0v) is 14.0. The minimum Gasteiger partial charge on any atom is -0.394 e. The monoisotopic (exact) mass is 369 g/mol. The average molecular weight is 369 g/mol. The van der Waals surface area contributed by atoms with Crippen LogP contribution in [-0.4, -0.2) is 31.5 Å². The minimum atomic E-state index is -5.75. The number of aliphatic hydroxyl groups excluding tert-OH is 1. The van der Waals surface area contributed by atoms with Crippen molar-refractivity contribution in [2.45, 2.75) is 32.3 Å². The largest absolute Gasteiger partial charge is 0.534 e. The number of rotatable bonds is 5. The van der Waals surface area contributed by atoms with Crippen molar-refractivity contribution in [3.8, 4) is 5.75 Å². The summed E-state index contributed by atoms with van der Waals surface area (Å²) in [6.45, 7) is 4.59. The summed E-state index contributed by atoms with van der Waals surface area (Å²) in [4.78, 5) is 11.9. The van der Waals surface area contributed by atoms with Crippen LogP contribution in [0.5, 0.6) is 5.75 Å². The van der Waals surface area contributed by atoms with Gasteiger partial charge in [-0.1, -0.05) is 32.9 Å². The number of halogens is 3. The van der Waals surface area contributed by atoms with E-state index in [0.717, 1.165) is 12.1 Å². The zero-order valence-electron chi connectivity index (χ0n) is 13.2. The Labute approximate surface area is 137 Å². The van der Waals surface area contributed by atoms with E-state index in [-0.39, 0.29) is 5.91 Å². The first-order valence-corrected chi connectivity index (χ1v) is 8.21. The predicted octanol–water partition coefficient (Wildman–Crippen LogP) is 2.11. The molecule has 0 saturated heterocycles. The molecule has 0 bridgehead atoms. The average Bonchev–Trinajstić information content (AvgIpc) is 2.42. The molecule has 2 N–H and O–H groups in total. The number of benzene rings is 1. The maximum atomic E-state index is 12.2. The fourth-order valence-electron chi connectivity index (χ4n) is 1.54. The van der Waals surface area contributed by atoms with E-state index in [0.29, 0.717) is 5.56 Å². The van der Waals surface area contributed by atoms with Gasteiger partial charge in [0.2, 0.25) is 5.91 Å². The molecule has 136 valence electrons. The summed E-state index contributed by atoms with van der Waals surface area (Å²) >= 11 is 0. The second kappa shape index (κ2) is 6.98. The van der Waals surface area contributed by atoms with E-state index in [1.807, 2.05) is 0 Å². The molecule has 6 nitrogen and oxygen atoms in total. The Morgan fingerprint density at radius 2 is 1.71 bits per heavy atom. The van der Waals surface area contributed by atoms with Crippen molar-refractivity contribution in [3.63, 3.8) is 0 Å². The molecule has 0 spiro atoms. The van der Waals surface area contributed by atoms with Gasteiger partial charge in [0, 0.05) is 5.41 Å². The summed E-state index contributed by atoms with van der Waals surface area (Å²) in [5, 5.41) is 12.0. The molecule has 0 aliphatic carbocycles. The van der Waals surface area contributed by atoms with E-state index in [2.05, 4.69) is 9.50 Å². The maximum absolute atomic E-state index is 12.2. The van der Waals surface area contributed by atoms with E-state index in [9.17, 15) is 31.5 Å². The van der Waals surface area contributed by atoms with E-state index in [1.165, 1.54) is 12.1 Å². The van der Waals surface area contributed by atoms with Crippen molar-refractivity contribution in [3.05, 3.63) is 29.8 Å². The van der Waals surface area contributed by atoms with Crippen LogP contribution in [0.25, 0.3) is 0 Å². The molecule has 1 atom stereocenters. The Morgan fingerprint density at radius 3 is 2.08 bits per heavy atom. The minimum absolute atomic E-state index is 0.332. The summed E-state index contributed by atoms with van der Waals surface area (Å²) in [5.74, 6) is -0.864. The lowest BCUT2D eigenvalue weighted by Gasteiger charge is -2.23. The topological polar surface area (TPSA) is 92.7 Å². The summed E-state index contributed by atoms with van der Waals surface area (Å²) in [6, 6.07) is 3.73. The molecule has 1 amide bonds. The number of hydrogen-bond donors (Lipinski definition) is 2. The molecule has 0 saturated carbocycles. The third kappa shape index (κ3) is 5.10. The summed E-state index contributed by atoms with van der Waals surface area (Å²) in [6.07, 6.45) is 0. The van der Waals surface area contributed by atoms with Gasteiger partial charge < -0.3 is 14.6 Å². The van der Waals surface area contributed by atoms with Crippen molar-refractivity contribution < 1.29 is 35.7 Å². The number of aliphatic hydroxyl groups is 1. The number of amides is 1. The Kier molecular flexibility index (Phi) is 5.88. The Hall–Kier alpha value is -1.81. The molecule has 1 aromatic carbocycles. The van der Waals surface area contributed by atoms with Crippen molar-refractivity contribution in [1.29, 1.82) is 0 Å². The lowest BCUT2D eigenvalue weighted by Crippen LogP contribution is -2.38. The number of alkyl halides is 3. The second-order valence-corrected chi connectivity index (χ2v) is 7.55. The van der Waals surface area contributed by atoms with E-state index < -0.39 is 39.4 Å². The van der Waals surface area contributed by atoms with Crippen molar-refractivity contribution in [2.75, 3.05) is 6.61 Å². The normalized spacial score (nSPS) is 14.1. The number of nitrogens with one attached hydrogen (secondary N) is 1. The molecule has 0 aliphatic rings. The van der Waals surface area contributed by atoms with E-state index in [1.54, 1.807) is 20.8 Å². The highest BCUT2D eigenvalue weighted by molar-refractivity contribution is 7.87. The molecule has 1 rings (SSSR count). The smallest absolute Gasteiger partial charge is 0.394 e. The van der Waals surface area contributed by atoms with Crippen molar-refractivity contribution >= 4 is 16.0 Å². The van der Waals surface area contributed by atoms with Crippen LogP contribution < -0.4 is 9.50 Å². The first-order valence-electron chi connectivity index (χ1n) is 6.80. The molecule has 0 aliphatic heterocycles. The number of carbonyl (C=O) groups excluding carboxylic acids is 1. The highest BCUT2D eigenvalue weighted by atomic mass is 32.2. The van der Waals surface area contributed by atoms with Gasteiger partial charge in [-0.3, -0.25) is 4.79 Å². The van der Waals surface area contributed by atoms with Crippen LogP contribution in [0.3, 0.4) is 0 Å². The van der Waals surface area contributed by atoms with Gasteiger partial charge in [0.1, 0.15) is 5.75 Å². The van der Waals surface area contributed by atoms with Crippen LogP contribution in [0.2, 0.25) is 0 Å². The molecular weight excluding hydrogens is 351 g/mol. The molecule has 0 aromatic heterocycles. The summed E-state index contributed by atoms with van der Waals surface area (Å²) in [5.41, 5.74) is -5.84. The zero-order chi connectivity index (χ0) is 18.8. The first-order chi connectivity index (χ1) is 10.8. The van der Waals surface area contributed by atoms with Gasteiger partial charge in [-0.05, 0) is 17.7 Å². The van der Waals surface area contributed by atoms with Crippen LogP contribution >= 0.6 is 0 Å². The second-order valence-electron chi connectivity index (χ2n) is 6.01. The molecule has 0 radical (unpaired) electrons. The Bertz CT molecular complexity index is 678. The highest BCUT2D eigenvalue weighted by Crippen LogP contribution is 2.27. The van der Waals surface area contributed by atoms with Crippen molar-refractivity contribution in [2.24, 2.45) is 5.41 Å². The molecule has 0 fully saturated rings. The quantitative estimate of drug-likeness (QED) is 0.613. The fraction of sp³-hybridized carbons (Fsp3) is 0.500. The molecule has 1 aromatic rings. The first kappa shape index (κ1) is 20.2. The van der Waals surface area contributed by atoms with Gasteiger partial charge in [0.05, 0.1) is 12.6 Å². The number of carbonyl (C=O) groups is 1. The van der Waals surface area contributed by atoms with Crippen LogP contribution in [0.15, 0.2) is 24.3 Å². The van der Waals surface area contributed by atoms with Crippen LogP contribution in [0.4, 0.5) is 13.2 Å². The van der Waals surface area contributed by atoms with Gasteiger partial charge in [-0.2, -0.15) is 21.6 Å². The van der Waals surface area contributed by atoms with Crippen LogP contribution in [-0.2, 0) is 14.9 Å². The maximum Gasteiger partial charge on any atom is 0.534 e. The van der Waals surface area contributed by atoms with Crippen LogP contribution in [0.1, 0.15) is 32.4 Å². The van der Waals surface area contributed by atoms with E-state index >= 15 is 0 Å². The molecule has 0 unspecified atom stereocenters. The molecule has 24 heavy (non-hydrogen) atoms. The third-order valence-electron chi connectivity index (χ3n) is 2.94. The van der Waals surface area contributed by atoms with Crippen LogP contribution in [0, 0.1) is 5.41 Å². The van der Waals surface area contributed by atoms with Gasteiger partial charge in [0.15, 0.2) is 0 Å². The summed E-state index contributed by atoms with van der Waals surface area (Å²) < 4.78 is 62.5. The van der Waals surface area contributed by atoms with E-state index in [4.69, 9.17) is 0 Å². The Morgan fingerprint density at radius 1 is 1.21 bits per heavy atom. The standard InChI is InChI=1S/C14H18F3NO5S/c1-13(2,3)12(20)18-11(8-19)9-4-6-10(7-5-9)23-24(21,22)14(15,16)17/h4-7,11,19H,8H2,1-3H3,(H,18,20)/t11-/m0/s1. The summed E-state index contributed by atoms with van der Waals surface area (Å²) in [7, 11) is -5.75. The molecule has 0 heterocycles. The SMILES string of the molecule is CC(C)(C)C(=O)N[C@@H](CO)c1ccc(OS(=O)(=O)C(F)(F)F)cc1.